The molecule has 0 aliphatic rings. The minimum atomic E-state index is -0.227. The monoisotopic (exact) mass is 550 g/mol. The Balaban J connectivity index is 1.93. The average molecular weight is 550 g/mol. The highest BCUT2D eigenvalue weighted by molar-refractivity contribution is 14.1. The average Bonchev–Trinajstić information content (AvgIpc) is 2.54. The molecule has 0 heterocycles. The molecule has 0 radical (unpaired) electrons. The molecule has 2 rings (SSSR count). The number of nitrogens with one attached hydrogen (secondary N) is 1. The molecule has 0 aliphatic heterocycles. The molecule has 0 aliphatic carbocycles. The third-order valence-corrected chi connectivity index (χ3v) is 4.49. The molecule has 0 unspecified atom stereocenters. The normalized spacial score (nSPS) is 10.8. The second-order valence-corrected chi connectivity index (χ2v) is 7.28. The number of aromatic hydroxyl groups is 1. The molecule has 0 fully saturated rings. The van der Waals surface area contributed by atoms with Crippen molar-refractivity contribution in [1.29, 1.82) is 0 Å². The Bertz CT molecular complexity index is 746. The number of carbonyl (C=O) groups excluding carboxylic acids is 1. The van der Waals surface area contributed by atoms with Crippen LogP contribution in [0.4, 0.5) is 0 Å². The minimum Gasteiger partial charge on any atom is -0.506 e. The number of halogens is 2. The summed E-state index contributed by atoms with van der Waals surface area (Å²) in [5, 5.41) is 13.9. The molecule has 0 aromatic heterocycles. The van der Waals surface area contributed by atoms with Crippen LogP contribution >= 0.6 is 45.2 Å². The van der Waals surface area contributed by atoms with E-state index in [0.29, 0.717) is 12.2 Å². The Morgan fingerprint density at radius 1 is 1.29 bits per heavy atom. The Kier molecular flexibility index (Phi) is 7.28. The number of hydrogen-bond acceptors (Lipinski definition) is 4. The summed E-state index contributed by atoms with van der Waals surface area (Å²) in [7, 11) is 0. The Morgan fingerprint density at radius 2 is 2.00 bits per heavy atom. The maximum Gasteiger partial charge on any atom is 0.244 e. The number of benzene rings is 2. The molecule has 2 N–H and O–H groups in total. The number of hydrogen-bond donors (Lipinski definition) is 2. The van der Waals surface area contributed by atoms with Crippen LogP contribution in [-0.2, 0) is 11.2 Å². The third kappa shape index (κ3) is 5.62. The molecule has 0 spiro atoms. The summed E-state index contributed by atoms with van der Waals surface area (Å²) < 4.78 is 7.08. The molecule has 0 bridgehead atoms. The zero-order valence-corrected chi connectivity index (χ0v) is 17.2. The van der Waals surface area contributed by atoms with Gasteiger partial charge in [-0.15, -0.1) is 0 Å². The second kappa shape index (κ2) is 9.21. The molecule has 0 saturated carbocycles. The number of phenolic OH excluding ortho intramolecular Hbond substituents is 1. The summed E-state index contributed by atoms with van der Waals surface area (Å²) >= 11 is 4.21. The molecule has 2 aromatic carbocycles. The van der Waals surface area contributed by atoms with Gasteiger partial charge in [0.1, 0.15) is 11.5 Å². The number of ether oxygens (including phenoxy) is 1. The van der Waals surface area contributed by atoms with Crippen molar-refractivity contribution in [2.24, 2.45) is 5.10 Å². The minimum absolute atomic E-state index is 0.153. The summed E-state index contributed by atoms with van der Waals surface area (Å²) in [6, 6.07) is 11.0. The van der Waals surface area contributed by atoms with Crippen molar-refractivity contribution in [3.63, 3.8) is 0 Å². The first-order valence-electron chi connectivity index (χ1n) is 7.21. The smallest absolute Gasteiger partial charge is 0.244 e. The maximum absolute atomic E-state index is 11.9. The number of phenols is 1. The molecule has 0 atom stereocenters. The topological polar surface area (TPSA) is 70.9 Å². The highest BCUT2D eigenvalue weighted by Crippen LogP contribution is 2.25. The van der Waals surface area contributed by atoms with Crippen LogP contribution in [-0.4, -0.2) is 23.8 Å². The van der Waals surface area contributed by atoms with Gasteiger partial charge in [-0.3, -0.25) is 4.79 Å². The molecular weight excluding hydrogens is 534 g/mol. The molecule has 2 aromatic rings. The largest absolute Gasteiger partial charge is 0.506 e. The van der Waals surface area contributed by atoms with E-state index in [9.17, 15) is 9.90 Å². The third-order valence-electron chi connectivity index (χ3n) is 3.05. The van der Waals surface area contributed by atoms with Gasteiger partial charge in [-0.05, 0) is 81.9 Å². The van der Waals surface area contributed by atoms with Gasteiger partial charge in [-0.25, -0.2) is 5.43 Å². The first-order chi connectivity index (χ1) is 11.5. The number of carbonyl (C=O) groups is 1. The fraction of sp³-hybridized carbons (Fsp3) is 0.176. The molecule has 1 amide bonds. The van der Waals surface area contributed by atoms with Crippen molar-refractivity contribution in [1.82, 2.24) is 5.43 Å². The van der Waals surface area contributed by atoms with Gasteiger partial charge in [-0.1, -0.05) is 12.1 Å². The fourth-order valence-electron chi connectivity index (χ4n) is 1.95. The van der Waals surface area contributed by atoms with E-state index >= 15 is 0 Å². The maximum atomic E-state index is 11.9. The van der Waals surface area contributed by atoms with Gasteiger partial charge in [-0.2, -0.15) is 5.10 Å². The predicted octanol–water partition coefficient (Wildman–Crippen LogP) is 3.69. The summed E-state index contributed by atoms with van der Waals surface area (Å²) in [5.41, 5.74) is 3.90. The lowest BCUT2D eigenvalue weighted by Crippen LogP contribution is -2.19. The number of amides is 1. The van der Waals surface area contributed by atoms with Crippen molar-refractivity contribution >= 4 is 57.3 Å². The number of nitrogens with zero attached hydrogens (tertiary/aromatic N) is 1. The van der Waals surface area contributed by atoms with Gasteiger partial charge < -0.3 is 9.84 Å². The molecule has 24 heavy (non-hydrogen) atoms. The Hall–Kier alpha value is -1.36. The molecular formula is C17H16I2N2O3. The summed E-state index contributed by atoms with van der Waals surface area (Å²) in [6.45, 7) is 2.53. The van der Waals surface area contributed by atoms with Gasteiger partial charge in [0.15, 0.2) is 0 Å². The SMILES string of the molecule is CCOc1ccc(CC(=O)N/N=C/c2cc(I)cc(I)c2O)cc1. The summed E-state index contributed by atoms with van der Waals surface area (Å²) in [4.78, 5) is 11.9. The molecule has 126 valence electrons. The van der Waals surface area contributed by atoms with Gasteiger partial charge in [0.05, 0.1) is 22.8 Å². The van der Waals surface area contributed by atoms with Crippen molar-refractivity contribution in [2.45, 2.75) is 13.3 Å². The Morgan fingerprint density at radius 3 is 2.67 bits per heavy atom. The van der Waals surface area contributed by atoms with Gasteiger partial charge in [0.2, 0.25) is 5.91 Å². The van der Waals surface area contributed by atoms with Crippen LogP contribution in [0.15, 0.2) is 41.5 Å². The van der Waals surface area contributed by atoms with E-state index in [4.69, 9.17) is 4.74 Å². The predicted molar refractivity (Wildman–Crippen MR) is 111 cm³/mol. The first-order valence-corrected chi connectivity index (χ1v) is 9.37. The van der Waals surface area contributed by atoms with E-state index in [1.54, 1.807) is 6.07 Å². The fourth-order valence-corrected chi connectivity index (χ4v) is 3.84. The van der Waals surface area contributed by atoms with Crippen LogP contribution in [0, 0.1) is 7.14 Å². The molecule has 7 heteroatoms. The quantitative estimate of drug-likeness (QED) is 0.328. The standard InChI is InChI=1S/C17H16I2N2O3/c1-2-24-14-5-3-11(4-6-14)7-16(22)21-20-10-12-8-13(18)9-15(19)17(12)23/h3-6,8-10,23H,2,7H2,1H3,(H,21,22)/b20-10+. The zero-order chi connectivity index (χ0) is 17.5. The second-order valence-electron chi connectivity index (χ2n) is 4.87. The van der Waals surface area contributed by atoms with E-state index < -0.39 is 0 Å². The van der Waals surface area contributed by atoms with Crippen LogP contribution in [0.1, 0.15) is 18.1 Å². The van der Waals surface area contributed by atoms with Crippen LogP contribution in [0.3, 0.4) is 0 Å². The summed E-state index contributed by atoms with van der Waals surface area (Å²) in [6.07, 6.45) is 1.66. The number of hydrazone groups is 1. The molecule has 5 nitrogen and oxygen atoms in total. The van der Waals surface area contributed by atoms with Crippen molar-refractivity contribution < 1.29 is 14.6 Å². The highest BCUT2D eigenvalue weighted by atomic mass is 127. The van der Waals surface area contributed by atoms with Crippen molar-refractivity contribution in [3.8, 4) is 11.5 Å². The van der Waals surface area contributed by atoms with E-state index in [1.807, 2.05) is 37.3 Å². The first kappa shape index (κ1) is 19.0. The van der Waals surface area contributed by atoms with Crippen LogP contribution < -0.4 is 10.2 Å². The van der Waals surface area contributed by atoms with Crippen LogP contribution in [0.2, 0.25) is 0 Å². The zero-order valence-electron chi connectivity index (χ0n) is 12.9. The lowest BCUT2D eigenvalue weighted by molar-refractivity contribution is -0.120. The number of rotatable bonds is 6. The lowest BCUT2D eigenvalue weighted by atomic mass is 10.1. The van der Waals surface area contributed by atoms with E-state index in [1.165, 1.54) is 6.21 Å². The molecule has 0 saturated heterocycles. The summed E-state index contributed by atoms with van der Waals surface area (Å²) in [5.74, 6) is 0.708. The van der Waals surface area contributed by atoms with E-state index in [-0.39, 0.29) is 18.1 Å². The van der Waals surface area contributed by atoms with Gasteiger partial charge in [0.25, 0.3) is 0 Å². The van der Waals surface area contributed by atoms with Crippen molar-refractivity contribution in [3.05, 3.63) is 54.7 Å². The van der Waals surface area contributed by atoms with Gasteiger partial charge >= 0.3 is 0 Å². The Labute approximate surface area is 167 Å². The van der Waals surface area contributed by atoms with Crippen molar-refractivity contribution in [2.75, 3.05) is 6.61 Å². The highest BCUT2D eigenvalue weighted by Gasteiger charge is 2.06. The van der Waals surface area contributed by atoms with E-state index in [0.717, 1.165) is 18.5 Å². The lowest BCUT2D eigenvalue weighted by Gasteiger charge is -2.05. The van der Waals surface area contributed by atoms with Crippen LogP contribution in [0.5, 0.6) is 11.5 Å². The van der Waals surface area contributed by atoms with Crippen LogP contribution in [0.25, 0.3) is 0 Å². The van der Waals surface area contributed by atoms with E-state index in [2.05, 4.69) is 55.7 Å². The van der Waals surface area contributed by atoms with Gasteiger partial charge in [0, 0.05) is 9.13 Å².